The van der Waals surface area contributed by atoms with Crippen LogP contribution in [-0.4, -0.2) is 19.2 Å². The third-order valence-electron chi connectivity index (χ3n) is 2.54. The monoisotopic (exact) mass is 333 g/mol. The molecule has 1 heterocycles. The van der Waals surface area contributed by atoms with Gasteiger partial charge in [-0.3, -0.25) is 0 Å². The summed E-state index contributed by atoms with van der Waals surface area (Å²) in [6.07, 6.45) is 0. The number of hydrogen-bond donors (Lipinski definition) is 0. The highest BCUT2D eigenvalue weighted by molar-refractivity contribution is 7.16. The van der Waals surface area contributed by atoms with Gasteiger partial charge in [-0.05, 0) is 0 Å². The number of aromatic nitrogens is 1. The topological polar surface area (TPSA) is 104 Å². The number of hydrogen-bond acceptors (Lipinski definition) is 8. The number of benzene rings is 1. The van der Waals surface area contributed by atoms with Gasteiger partial charge in [-0.15, -0.1) is 10.2 Å². The molecular formula is C13H8ClN5O2S. The van der Waals surface area contributed by atoms with E-state index in [1.165, 1.54) is 26.4 Å². The normalized spacial score (nSPS) is 10.2. The van der Waals surface area contributed by atoms with Gasteiger partial charge in [0, 0.05) is 12.1 Å². The van der Waals surface area contributed by atoms with Gasteiger partial charge in [-0.1, -0.05) is 22.9 Å². The Morgan fingerprint density at radius 3 is 2.36 bits per heavy atom. The van der Waals surface area contributed by atoms with Crippen molar-refractivity contribution in [2.45, 2.75) is 0 Å². The van der Waals surface area contributed by atoms with Crippen LogP contribution in [0.15, 0.2) is 22.4 Å². The molecule has 0 radical (unpaired) electrons. The third kappa shape index (κ3) is 3.14. The van der Waals surface area contributed by atoms with E-state index in [0.717, 1.165) is 11.3 Å². The predicted octanol–water partition coefficient (Wildman–Crippen LogP) is 3.97. The minimum absolute atomic E-state index is 0.0780. The molecular weight excluding hydrogens is 326 g/mol. The van der Waals surface area contributed by atoms with Gasteiger partial charge in [0.1, 0.15) is 22.7 Å². The molecule has 0 fully saturated rings. The molecule has 0 saturated heterocycles. The van der Waals surface area contributed by atoms with Crippen LogP contribution in [0.3, 0.4) is 0 Å². The fraction of sp³-hybridized carbons (Fsp3) is 0.154. The largest absolute Gasteiger partial charge is 0.493 e. The van der Waals surface area contributed by atoms with E-state index in [1.54, 1.807) is 0 Å². The molecule has 110 valence electrons. The molecule has 0 amide bonds. The quantitative estimate of drug-likeness (QED) is 0.787. The molecule has 0 atom stereocenters. The Bertz CT molecular complexity index is 819. The lowest BCUT2D eigenvalue weighted by molar-refractivity contribution is 0.355. The smallest absolute Gasteiger partial charge is 0.232 e. The Morgan fingerprint density at radius 1 is 1.14 bits per heavy atom. The summed E-state index contributed by atoms with van der Waals surface area (Å²) in [5, 5.41) is 26.1. The Labute approximate surface area is 135 Å². The maximum Gasteiger partial charge on any atom is 0.232 e. The van der Waals surface area contributed by atoms with Crippen molar-refractivity contribution < 1.29 is 9.47 Å². The van der Waals surface area contributed by atoms with Gasteiger partial charge in [0.15, 0.2) is 16.7 Å². The first kappa shape index (κ1) is 15.7. The Balaban J connectivity index is 2.42. The molecule has 0 unspecified atom stereocenters. The van der Waals surface area contributed by atoms with Crippen molar-refractivity contribution >= 4 is 33.8 Å². The van der Waals surface area contributed by atoms with Crippen LogP contribution in [0.2, 0.25) is 5.15 Å². The fourth-order valence-electron chi connectivity index (χ4n) is 1.54. The second kappa shape index (κ2) is 6.85. The standard InChI is InChI=1S/C13H8ClN5O2S/c1-20-9-3-7(5-15)8(4-10(9)21-2)18-19-13-17-12(14)11(6-16)22-13/h3-4H,1-2H3/b19-18+. The molecule has 0 aliphatic rings. The van der Waals surface area contributed by atoms with Crippen molar-refractivity contribution in [3.8, 4) is 23.6 Å². The van der Waals surface area contributed by atoms with Gasteiger partial charge in [-0.2, -0.15) is 10.5 Å². The molecule has 0 spiro atoms. The minimum atomic E-state index is 0.0780. The van der Waals surface area contributed by atoms with Crippen LogP contribution in [0.4, 0.5) is 10.8 Å². The maximum atomic E-state index is 9.16. The summed E-state index contributed by atoms with van der Waals surface area (Å²) in [5.74, 6) is 0.840. The van der Waals surface area contributed by atoms with Gasteiger partial charge in [0.05, 0.1) is 19.8 Å². The first-order valence-corrected chi connectivity index (χ1v) is 6.96. The summed E-state index contributed by atoms with van der Waals surface area (Å²) >= 11 is 6.77. The van der Waals surface area contributed by atoms with Gasteiger partial charge < -0.3 is 9.47 Å². The van der Waals surface area contributed by atoms with E-state index >= 15 is 0 Å². The Kier molecular flexibility index (Phi) is 4.89. The average molecular weight is 334 g/mol. The highest BCUT2D eigenvalue weighted by Gasteiger charge is 2.12. The lowest BCUT2D eigenvalue weighted by Gasteiger charge is -2.08. The molecule has 0 aliphatic carbocycles. The summed E-state index contributed by atoms with van der Waals surface area (Å²) in [6, 6.07) is 6.94. The third-order valence-corrected chi connectivity index (χ3v) is 3.77. The molecule has 7 nitrogen and oxygen atoms in total. The minimum Gasteiger partial charge on any atom is -0.493 e. The van der Waals surface area contributed by atoms with Crippen molar-refractivity contribution in [3.05, 3.63) is 27.7 Å². The van der Waals surface area contributed by atoms with Crippen LogP contribution < -0.4 is 9.47 Å². The number of methoxy groups -OCH3 is 2. The summed E-state index contributed by atoms with van der Waals surface area (Å²) in [6.45, 7) is 0. The predicted molar refractivity (Wildman–Crippen MR) is 80.3 cm³/mol. The zero-order chi connectivity index (χ0) is 16.1. The van der Waals surface area contributed by atoms with Crippen LogP contribution in [0.1, 0.15) is 10.4 Å². The van der Waals surface area contributed by atoms with E-state index < -0.39 is 0 Å². The fourth-order valence-corrected chi connectivity index (χ4v) is 2.40. The number of nitrogens with zero attached hydrogens (tertiary/aromatic N) is 5. The van der Waals surface area contributed by atoms with Gasteiger partial charge >= 0.3 is 0 Å². The number of nitriles is 2. The van der Waals surface area contributed by atoms with Gasteiger partial charge in [-0.25, -0.2) is 4.98 Å². The average Bonchev–Trinajstić information content (AvgIpc) is 2.91. The van der Waals surface area contributed by atoms with Crippen molar-refractivity contribution in [2.24, 2.45) is 10.2 Å². The van der Waals surface area contributed by atoms with Crippen molar-refractivity contribution in [1.29, 1.82) is 10.5 Å². The van der Waals surface area contributed by atoms with Crippen molar-refractivity contribution in [3.63, 3.8) is 0 Å². The second-order valence-electron chi connectivity index (χ2n) is 3.76. The summed E-state index contributed by atoms with van der Waals surface area (Å²) in [5.41, 5.74) is 0.564. The molecule has 22 heavy (non-hydrogen) atoms. The highest BCUT2D eigenvalue weighted by atomic mass is 35.5. The summed E-state index contributed by atoms with van der Waals surface area (Å²) in [7, 11) is 2.95. The molecule has 1 aromatic carbocycles. The maximum absolute atomic E-state index is 9.16. The van der Waals surface area contributed by atoms with Crippen LogP contribution in [0.5, 0.6) is 11.5 Å². The lowest BCUT2D eigenvalue weighted by atomic mass is 10.2. The van der Waals surface area contributed by atoms with Crippen LogP contribution in [0.25, 0.3) is 0 Å². The van der Waals surface area contributed by atoms with E-state index in [0.29, 0.717) is 17.2 Å². The van der Waals surface area contributed by atoms with E-state index in [9.17, 15) is 0 Å². The van der Waals surface area contributed by atoms with Crippen molar-refractivity contribution in [2.75, 3.05) is 14.2 Å². The number of ether oxygens (including phenoxy) is 2. The number of halogens is 1. The lowest BCUT2D eigenvalue weighted by Crippen LogP contribution is -1.91. The highest BCUT2D eigenvalue weighted by Crippen LogP contribution is 2.36. The van der Waals surface area contributed by atoms with Gasteiger partial charge in [0.2, 0.25) is 5.13 Å². The number of rotatable bonds is 4. The first-order chi connectivity index (χ1) is 10.6. The Hall–Kier alpha value is -2.68. The summed E-state index contributed by atoms with van der Waals surface area (Å²) in [4.78, 5) is 4.14. The molecule has 0 aliphatic heterocycles. The second-order valence-corrected chi connectivity index (χ2v) is 5.10. The van der Waals surface area contributed by atoms with Crippen LogP contribution in [-0.2, 0) is 0 Å². The van der Waals surface area contributed by atoms with E-state index in [-0.39, 0.29) is 20.7 Å². The van der Waals surface area contributed by atoms with Crippen LogP contribution >= 0.6 is 22.9 Å². The SMILES string of the molecule is COc1cc(C#N)c(/N=N/c2nc(Cl)c(C#N)s2)cc1OC. The number of azo groups is 1. The molecule has 1 aromatic heterocycles. The molecule has 0 N–H and O–H groups in total. The van der Waals surface area contributed by atoms with E-state index in [4.69, 9.17) is 31.6 Å². The zero-order valence-electron chi connectivity index (χ0n) is 11.5. The molecule has 0 bridgehead atoms. The molecule has 0 saturated carbocycles. The Morgan fingerprint density at radius 2 is 1.82 bits per heavy atom. The summed E-state index contributed by atoms with van der Waals surface area (Å²) < 4.78 is 10.3. The first-order valence-electron chi connectivity index (χ1n) is 5.77. The van der Waals surface area contributed by atoms with Crippen molar-refractivity contribution in [1.82, 2.24) is 4.98 Å². The van der Waals surface area contributed by atoms with Crippen LogP contribution in [0, 0.1) is 22.7 Å². The van der Waals surface area contributed by atoms with Gasteiger partial charge in [0.25, 0.3) is 0 Å². The molecule has 9 heteroatoms. The zero-order valence-corrected chi connectivity index (χ0v) is 13.1. The molecule has 2 aromatic rings. The van der Waals surface area contributed by atoms with E-state index in [2.05, 4.69) is 15.2 Å². The molecule has 2 rings (SSSR count). The van der Waals surface area contributed by atoms with E-state index in [1.807, 2.05) is 12.1 Å². The number of thiazole rings is 1.